The summed E-state index contributed by atoms with van der Waals surface area (Å²) in [5, 5.41) is 2.74. The second-order valence-electron chi connectivity index (χ2n) is 4.25. The van der Waals surface area contributed by atoms with Gasteiger partial charge in [0.25, 0.3) is 0 Å². The maximum Gasteiger partial charge on any atom is 0.225 e. The minimum atomic E-state index is -2.95. The molecule has 0 bridgehead atoms. The SMILES string of the molecule is O=C(CC1CCS(=O)(=O)C1)Nc1cncc(Cl)n1. The number of sulfone groups is 1. The van der Waals surface area contributed by atoms with Crippen LogP contribution in [-0.2, 0) is 14.6 Å². The summed E-state index contributed by atoms with van der Waals surface area (Å²) >= 11 is 5.63. The number of aromatic nitrogens is 2. The largest absolute Gasteiger partial charge is 0.309 e. The van der Waals surface area contributed by atoms with Gasteiger partial charge in [0.2, 0.25) is 5.91 Å². The first-order valence-corrected chi connectivity index (χ1v) is 7.62. The summed E-state index contributed by atoms with van der Waals surface area (Å²) in [6.45, 7) is 0. The first-order valence-electron chi connectivity index (χ1n) is 5.42. The van der Waals surface area contributed by atoms with Crippen LogP contribution in [0, 0.1) is 5.92 Å². The molecule has 1 fully saturated rings. The third-order valence-corrected chi connectivity index (χ3v) is 4.69. The zero-order valence-corrected chi connectivity index (χ0v) is 11.0. The Labute approximate surface area is 110 Å². The molecule has 18 heavy (non-hydrogen) atoms. The third kappa shape index (κ3) is 3.64. The van der Waals surface area contributed by atoms with Crippen LogP contribution < -0.4 is 5.32 Å². The van der Waals surface area contributed by atoms with Crippen LogP contribution >= 0.6 is 11.6 Å². The van der Waals surface area contributed by atoms with Gasteiger partial charge in [-0.2, -0.15) is 0 Å². The van der Waals surface area contributed by atoms with E-state index in [0.717, 1.165) is 0 Å². The van der Waals surface area contributed by atoms with Crippen LogP contribution in [0.25, 0.3) is 0 Å². The highest BCUT2D eigenvalue weighted by atomic mass is 35.5. The van der Waals surface area contributed by atoms with Gasteiger partial charge in [-0.05, 0) is 12.3 Å². The van der Waals surface area contributed by atoms with Crippen LogP contribution in [0.2, 0.25) is 5.15 Å². The Bertz CT molecular complexity index is 561. The van der Waals surface area contributed by atoms with Crippen LogP contribution in [0.3, 0.4) is 0 Å². The fraction of sp³-hybridized carbons (Fsp3) is 0.500. The summed E-state index contributed by atoms with van der Waals surface area (Å²) < 4.78 is 22.5. The Hall–Kier alpha value is -1.21. The topological polar surface area (TPSA) is 89.0 Å². The molecule has 0 aromatic carbocycles. The Kier molecular flexibility index (Phi) is 3.82. The number of carbonyl (C=O) groups is 1. The molecule has 1 aromatic rings. The molecule has 2 rings (SSSR count). The highest BCUT2D eigenvalue weighted by molar-refractivity contribution is 7.91. The first kappa shape index (κ1) is 13.2. The maximum absolute atomic E-state index is 11.7. The lowest BCUT2D eigenvalue weighted by molar-refractivity contribution is -0.116. The van der Waals surface area contributed by atoms with E-state index in [9.17, 15) is 13.2 Å². The van der Waals surface area contributed by atoms with Crippen molar-refractivity contribution in [2.24, 2.45) is 5.92 Å². The fourth-order valence-corrected chi connectivity index (χ4v) is 3.90. The standard InChI is InChI=1S/C10H12ClN3O3S/c11-8-4-12-5-9(13-8)14-10(15)3-7-1-2-18(16,17)6-7/h4-5,7H,1-3,6H2,(H,13,14,15). The zero-order valence-electron chi connectivity index (χ0n) is 9.47. The van der Waals surface area contributed by atoms with Gasteiger partial charge in [-0.25, -0.2) is 13.4 Å². The van der Waals surface area contributed by atoms with Gasteiger partial charge >= 0.3 is 0 Å². The van der Waals surface area contributed by atoms with Crippen LogP contribution in [0.15, 0.2) is 12.4 Å². The normalized spacial score (nSPS) is 21.7. The van der Waals surface area contributed by atoms with Crippen LogP contribution in [0.4, 0.5) is 5.82 Å². The molecule has 1 amide bonds. The molecule has 0 spiro atoms. The molecule has 8 heteroatoms. The lowest BCUT2D eigenvalue weighted by Gasteiger charge is -2.07. The van der Waals surface area contributed by atoms with Crippen molar-refractivity contribution in [3.8, 4) is 0 Å². The minimum Gasteiger partial charge on any atom is -0.309 e. The number of carbonyl (C=O) groups excluding carboxylic acids is 1. The quantitative estimate of drug-likeness (QED) is 0.893. The summed E-state index contributed by atoms with van der Waals surface area (Å²) in [4.78, 5) is 19.3. The third-order valence-electron chi connectivity index (χ3n) is 2.67. The first-order chi connectivity index (χ1) is 8.44. The molecule has 1 atom stereocenters. The van der Waals surface area contributed by atoms with Gasteiger partial charge in [0, 0.05) is 6.42 Å². The average molecular weight is 290 g/mol. The highest BCUT2D eigenvalue weighted by Gasteiger charge is 2.29. The number of hydrogen-bond acceptors (Lipinski definition) is 5. The highest BCUT2D eigenvalue weighted by Crippen LogP contribution is 2.22. The molecule has 6 nitrogen and oxygen atoms in total. The predicted molar refractivity (Wildman–Crippen MR) is 67.0 cm³/mol. The number of anilines is 1. The number of nitrogens with one attached hydrogen (secondary N) is 1. The Morgan fingerprint density at radius 2 is 2.28 bits per heavy atom. The summed E-state index contributed by atoms with van der Waals surface area (Å²) in [5.74, 6) is 0.146. The summed E-state index contributed by atoms with van der Waals surface area (Å²) in [7, 11) is -2.95. The van der Waals surface area contributed by atoms with Crippen molar-refractivity contribution in [1.29, 1.82) is 0 Å². The van der Waals surface area contributed by atoms with Crippen LogP contribution in [0.5, 0.6) is 0 Å². The van der Waals surface area contributed by atoms with Crippen LogP contribution in [0.1, 0.15) is 12.8 Å². The number of hydrogen-bond donors (Lipinski definition) is 1. The van der Waals surface area contributed by atoms with E-state index in [1.165, 1.54) is 12.4 Å². The summed E-state index contributed by atoms with van der Waals surface area (Å²) in [6, 6.07) is 0. The fourth-order valence-electron chi connectivity index (χ4n) is 1.89. The van der Waals surface area contributed by atoms with Gasteiger partial charge in [-0.1, -0.05) is 11.6 Å². The smallest absolute Gasteiger partial charge is 0.225 e. The van der Waals surface area contributed by atoms with Gasteiger partial charge in [0.05, 0.1) is 23.9 Å². The summed E-state index contributed by atoms with van der Waals surface area (Å²) in [6.07, 6.45) is 3.46. The second kappa shape index (κ2) is 5.19. The Balaban J connectivity index is 1.90. The molecule has 1 aromatic heterocycles. The number of rotatable bonds is 3. The molecule has 1 aliphatic rings. The van der Waals surface area contributed by atoms with E-state index in [2.05, 4.69) is 15.3 Å². The van der Waals surface area contributed by atoms with E-state index < -0.39 is 9.84 Å². The monoisotopic (exact) mass is 289 g/mol. The molecule has 0 saturated carbocycles. The van der Waals surface area contributed by atoms with Crippen molar-refractivity contribution in [2.75, 3.05) is 16.8 Å². The molecule has 0 aliphatic carbocycles. The van der Waals surface area contributed by atoms with Gasteiger partial charge < -0.3 is 5.32 Å². The van der Waals surface area contributed by atoms with Crippen molar-refractivity contribution < 1.29 is 13.2 Å². The number of halogens is 1. The summed E-state index contributed by atoms with van der Waals surface area (Å²) in [5.41, 5.74) is 0. The molecule has 1 unspecified atom stereocenters. The van der Waals surface area contributed by atoms with E-state index in [0.29, 0.717) is 6.42 Å². The van der Waals surface area contributed by atoms with Gasteiger partial charge in [0.15, 0.2) is 15.7 Å². The number of nitrogens with zero attached hydrogens (tertiary/aromatic N) is 2. The van der Waals surface area contributed by atoms with Crippen molar-refractivity contribution in [3.05, 3.63) is 17.5 Å². The van der Waals surface area contributed by atoms with E-state index in [4.69, 9.17) is 11.6 Å². The molecule has 98 valence electrons. The lowest BCUT2D eigenvalue weighted by atomic mass is 10.1. The number of amides is 1. The zero-order chi connectivity index (χ0) is 13.2. The predicted octanol–water partition coefficient (Wildman–Crippen LogP) is 0.893. The minimum absolute atomic E-state index is 0.0850. The van der Waals surface area contributed by atoms with E-state index in [1.54, 1.807) is 0 Å². The van der Waals surface area contributed by atoms with Crippen molar-refractivity contribution in [1.82, 2.24) is 9.97 Å². The molecule has 0 radical (unpaired) electrons. The average Bonchev–Trinajstić information content (AvgIpc) is 2.57. The molecular formula is C10H12ClN3O3S. The lowest BCUT2D eigenvalue weighted by Crippen LogP contribution is -2.18. The second-order valence-corrected chi connectivity index (χ2v) is 6.86. The molecule has 2 heterocycles. The maximum atomic E-state index is 11.7. The van der Waals surface area contributed by atoms with Gasteiger partial charge in [0.1, 0.15) is 5.15 Å². The van der Waals surface area contributed by atoms with Gasteiger partial charge in [-0.3, -0.25) is 9.78 Å². The van der Waals surface area contributed by atoms with Crippen molar-refractivity contribution in [2.45, 2.75) is 12.8 Å². The Morgan fingerprint density at radius 1 is 1.50 bits per heavy atom. The Morgan fingerprint density at radius 3 is 2.89 bits per heavy atom. The van der Waals surface area contributed by atoms with E-state index >= 15 is 0 Å². The molecule has 1 N–H and O–H groups in total. The van der Waals surface area contributed by atoms with E-state index in [1.807, 2.05) is 0 Å². The van der Waals surface area contributed by atoms with Gasteiger partial charge in [-0.15, -0.1) is 0 Å². The molecule has 1 aliphatic heterocycles. The van der Waals surface area contributed by atoms with Crippen molar-refractivity contribution in [3.63, 3.8) is 0 Å². The van der Waals surface area contributed by atoms with Crippen molar-refractivity contribution >= 4 is 33.2 Å². The van der Waals surface area contributed by atoms with Crippen LogP contribution in [-0.4, -0.2) is 35.8 Å². The molecular weight excluding hydrogens is 278 g/mol. The van der Waals surface area contributed by atoms with E-state index in [-0.39, 0.29) is 40.7 Å². The molecule has 1 saturated heterocycles.